The van der Waals surface area contributed by atoms with Gasteiger partial charge in [-0.1, -0.05) is 18.2 Å². The van der Waals surface area contributed by atoms with Gasteiger partial charge in [-0.25, -0.2) is 0 Å². The molecule has 0 bridgehead atoms. The van der Waals surface area contributed by atoms with Gasteiger partial charge in [0.2, 0.25) is 0 Å². The van der Waals surface area contributed by atoms with Gasteiger partial charge in [-0.15, -0.1) is 11.8 Å². The van der Waals surface area contributed by atoms with Gasteiger partial charge in [0.05, 0.1) is 12.7 Å². The van der Waals surface area contributed by atoms with Crippen molar-refractivity contribution in [2.45, 2.75) is 5.37 Å². The first-order valence-corrected chi connectivity index (χ1v) is 8.94. The Labute approximate surface area is 145 Å². The summed E-state index contributed by atoms with van der Waals surface area (Å²) in [5.41, 5.74) is 2.91. The molecule has 1 aromatic carbocycles. The van der Waals surface area contributed by atoms with Crippen LogP contribution in [0.4, 0.5) is 0 Å². The molecular formula is C19H18N2O2S. The molecule has 1 aliphatic rings. The Morgan fingerprint density at radius 2 is 2.04 bits per heavy atom. The highest BCUT2D eigenvalue weighted by molar-refractivity contribution is 7.99. The summed E-state index contributed by atoms with van der Waals surface area (Å²) >= 11 is 1.80. The van der Waals surface area contributed by atoms with Crippen LogP contribution in [0, 0.1) is 0 Å². The molecule has 0 spiro atoms. The van der Waals surface area contributed by atoms with Gasteiger partial charge < -0.3 is 14.0 Å². The molecule has 0 N–H and O–H groups in total. The van der Waals surface area contributed by atoms with Crippen LogP contribution in [0.3, 0.4) is 0 Å². The number of fused-ring (bicyclic) bond motifs is 1. The number of benzene rings is 1. The Morgan fingerprint density at radius 3 is 2.79 bits per heavy atom. The monoisotopic (exact) mass is 338 g/mol. The molecule has 1 unspecified atom stereocenters. The smallest absolute Gasteiger partial charge is 0.256 e. The van der Waals surface area contributed by atoms with Gasteiger partial charge in [-0.2, -0.15) is 0 Å². The molecule has 3 aromatic rings. The lowest BCUT2D eigenvalue weighted by molar-refractivity contribution is 0.0760. The lowest BCUT2D eigenvalue weighted by Crippen LogP contribution is -2.30. The third kappa shape index (κ3) is 2.65. The summed E-state index contributed by atoms with van der Waals surface area (Å²) in [5.74, 6) is 1.87. The number of thioether (sulfide) groups is 1. The zero-order valence-corrected chi connectivity index (χ0v) is 14.2. The Balaban J connectivity index is 1.62. The minimum atomic E-state index is 0.0615. The van der Waals surface area contributed by atoms with Gasteiger partial charge in [0.25, 0.3) is 5.91 Å². The fourth-order valence-corrected chi connectivity index (χ4v) is 4.32. The molecule has 1 amide bonds. The molecule has 0 radical (unpaired) electrons. The molecule has 24 heavy (non-hydrogen) atoms. The van der Waals surface area contributed by atoms with E-state index in [4.69, 9.17) is 4.74 Å². The van der Waals surface area contributed by atoms with Crippen molar-refractivity contribution in [2.75, 3.05) is 19.4 Å². The maximum absolute atomic E-state index is 13.0. The third-order valence-electron chi connectivity index (χ3n) is 4.30. The predicted octanol–water partition coefficient (Wildman–Crippen LogP) is 3.84. The van der Waals surface area contributed by atoms with Crippen LogP contribution in [0.2, 0.25) is 0 Å². The van der Waals surface area contributed by atoms with Gasteiger partial charge in [0.1, 0.15) is 11.1 Å². The summed E-state index contributed by atoms with van der Waals surface area (Å²) in [6.45, 7) is 0.770. The number of nitrogens with zero attached hydrogens (tertiary/aromatic N) is 2. The summed E-state index contributed by atoms with van der Waals surface area (Å²) in [6.07, 6.45) is 3.87. The fraction of sp³-hybridized carbons (Fsp3) is 0.211. The van der Waals surface area contributed by atoms with Crippen molar-refractivity contribution in [2.24, 2.45) is 0 Å². The van der Waals surface area contributed by atoms with Crippen LogP contribution in [0.1, 0.15) is 21.3 Å². The van der Waals surface area contributed by atoms with E-state index in [1.165, 1.54) is 0 Å². The fourth-order valence-electron chi connectivity index (χ4n) is 3.06. The maximum Gasteiger partial charge on any atom is 0.256 e. The summed E-state index contributed by atoms with van der Waals surface area (Å²) in [5, 5.41) is 0.0615. The van der Waals surface area contributed by atoms with Crippen molar-refractivity contribution in [1.82, 2.24) is 9.30 Å². The van der Waals surface area contributed by atoms with Crippen LogP contribution in [0.25, 0.3) is 5.52 Å². The number of hydrogen-bond donors (Lipinski definition) is 0. The first-order valence-electron chi connectivity index (χ1n) is 7.89. The van der Waals surface area contributed by atoms with E-state index >= 15 is 0 Å². The number of carbonyl (C=O) groups is 1. The summed E-state index contributed by atoms with van der Waals surface area (Å²) in [6, 6.07) is 15.9. The van der Waals surface area contributed by atoms with Crippen molar-refractivity contribution in [3.63, 3.8) is 0 Å². The van der Waals surface area contributed by atoms with Gasteiger partial charge >= 0.3 is 0 Å². The van der Waals surface area contributed by atoms with E-state index in [1.54, 1.807) is 18.9 Å². The van der Waals surface area contributed by atoms with Crippen LogP contribution in [0.15, 0.2) is 60.9 Å². The van der Waals surface area contributed by atoms with Gasteiger partial charge in [-0.05, 0) is 35.9 Å². The van der Waals surface area contributed by atoms with Crippen molar-refractivity contribution in [3.8, 4) is 5.75 Å². The molecule has 0 aliphatic carbocycles. The lowest BCUT2D eigenvalue weighted by Gasteiger charge is -2.23. The number of aromatic nitrogens is 1. The number of rotatable bonds is 3. The highest BCUT2D eigenvalue weighted by Gasteiger charge is 2.31. The first kappa shape index (κ1) is 15.1. The highest BCUT2D eigenvalue weighted by atomic mass is 32.2. The molecule has 1 fully saturated rings. The van der Waals surface area contributed by atoms with Crippen LogP contribution in [-0.2, 0) is 0 Å². The van der Waals surface area contributed by atoms with Crippen LogP contribution < -0.4 is 4.74 Å². The molecular weight excluding hydrogens is 320 g/mol. The number of hydrogen-bond acceptors (Lipinski definition) is 3. The van der Waals surface area contributed by atoms with E-state index in [1.807, 2.05) is 70.2 Å². The minimum absolute atomic E-state index is 0.0615. The zero-order chi connectivity index (χ0) is 16.5. The number of carbonyl (C=O) groups excluding carboxylic acids is 1. The number of ether oxygens (including phenoxy) is 1. The predicted molar refractivity (Wildman–Crippen MR) is 96.6 cm³/mol. The normalized spacial score (nSPS) is 17.4. The van der Waals surface area contributed by atoms with Crippen molar-refractivity contribution < 1.29 is 9.53 Å². The highest BCUT2D eigenvalue weighted by Crippen LogP contribution is 2.39. The Hall–Kier alpha value is -2.40. The molecule has 1 aliphatic heterocycles. The summed E-state index contributed by atoms with van der Waals surface area (Å²) in [7, 11) is 1.66. The maximum atomic E-state index is 13.0. The molecule has 1 saturated heterocycles. The van der Waals surface area contributed by atoms with Crippen LogP contribution in [0.5, 0.6) is 5.75 Å². The molecule has 4 nitrogen and oxygen atoms in total. The molecule has 4 rings (SSSR count). The first-order chi connectivity index (χ1) is 11.8. The number of methoxy groups -OCH3 is 1. The molecule has 122 valence electrons. The summed E-state index contributed by atoms with van der Waals surface area (Å²) < 4.78 is 7.20. The third-order valence-corrected chi connectivity index (χ3v) is 5.56. The van der Waals surface area contributed by atoms with E-state index in [9.17, 15) is 4.79 Å². The standard InChI is InChI=1S/C19H18N2O2S/c1-23-17-7-5-14(6-8-17)19-21(10-11-24-19)18(22)15-12-16-4-2-3-9-20(16)13-15/h2-9,12-13,19H,10-11H2,1H3. The van der Waals surface area contributed by atoms with Crippen molar-refractivity contribution >= 4 is 23.2 Å². The Kier molecular flexibility index (Phi) is 3.94. The second-order valence-corrected chi connectivity index (χ2v) is 6.94. The van der Waals surface area contributed by atoms with Crippen LogP contribution >= 0.6 is 11.8 Å². The largest absolute Gasteiger partial charge is 0.497 e. The molecule has 1 atom stereocenters. The second-order valence-electron chi connectivity index (χ2n) is 5.76. The quantitative estimate of drug-likeness (QED) is 0.728. The number of pyridine rings is 1. The topological polar surface area (TPSA) is 34.0 Å². The Bertz CT molecular complexity index is 839. The minimum Gasteiger partial charge on any atom is -0.497 e. The molecule has 5 heteroatoms. The second kappa shape index (κ2) is 6.24. The summed E-state index contributed by atoms with van der Waals surface area (Å²) in [4.78, 5) is 15.0. The zero-order valence-electron chi connectivity index (χ0n) is 13.4. The van der Waals surface area contributed by atoms with Gasteiger partial charge in [0.15, 0.2) is 0 Å². The van der Waals surface area contributed by atoms with Gasteiger partial charge in [-0.3, -0.25) is 4.79 Å². The molecule has 0 saturated carbocycles. The SMILES string of the molecule is COc1ccc(C2SCCN2C(=O)c2cc3ccccn3c2)cc1. The lowest BCUT2D eigenvalue weighted by atomic mass is 10.2. The Morgan fingerprint density at radius 1 is 1.21 bits per heavy atom. The molecule has 3 heterocycles. The van der Waals surface area contributed by atoms with E-state index in [0.717, 1.165) is 34.7 Å². The van der Waals surface area contributed by atoms with E-state index < -0.39 is 0 Å². The van der Waals surface area contributed by atoms with Crippen molar-refractivity contribution in [3.05, 3.63) is 72.1 Å². The van der Waals surface area contributed by atoms with E-state index in [-0.39, 0.29) is 11.3 Å². The van der Waals surface area contributed by atoms with Gasteiger partial charge in [0, 0.05) is 30.2 Å². The van der Waals surface area contributed by atoms with E-state index in [2.05, 4.69) is 0 Å². The average molecular weight is 338 g/mol. The van der Waals surface area contributed by atoms with E-state index in [0.29, 0.717) is 0 Å². The average Bonchev–Trinajstić information content (AvgIpc) is 3.28. The van der Waals surface area contributed by atoms with Crippen LogP contribution in [-0.4, -0.2) is 34.6 Å². The number of amides is 1. The molecule has 2 aromatic heterocycles. The van der Waals surface area contributed by atoms with Crippen molar-refractivity contribution in [1.29, 1.82) is 0 Å².